The van der Waals surface area contributed by atoms with Crippen LogP contribution in [0.1, 0.15) is 24.2 Å². The summed E-state index contributed by atoms with van der Waals surface area (Å²) < 4.78 is 13.1. The number of halogens is 1. The van der Waals surface area contributed by atoms with Crippen LogP contribution in [0.3, 0.4) is 0 Å². The van der Waals surface area contributed by atoms with Gasteiger partial charge in [-0.05, 0) is 18.1 Å². The van der Waals surface area contributed by atoms with Crippen LogP contribution in [0.5, 0.6) is 0 Å². The zero-order valence-corrected chi connectivity index (χ0v) is 10.8. The number of amides is 1. The van der Waals surface area contributed by atoms with E-state index in [-0.39, 0.29) is 0 Å². The van der Waals surface area contributed by atoms with Gasteiger partial charge in [-0.2, -0.15) is 0 Å². The number of carbonyl (C=O) groups excluding carboxylic acids is 1. The lowest BCUT2D eigenvalue weighted by Crippen LogP contribution is -2.44. The third kappa shape index (κ3) is 3.50. The fraction of sp³-hybridized carbons (Fsp3) is 0.333. The molecule has 0 aromatic heterocycles. The molecule has 0 spiro atoms. The van der Waals surface area contributed by atoms with Gasteiger partial charge in [-0.3, -0.25) is 14.9 Å². The monoisotopic (exact) mass is 284 g/mol. The van der Waals surface area contributed by atoms with Gasteiger partial charge in [-0.25, -0.2) is 9.18 Å². The number of hydrogen-bond donors (Lipinski definition) is 2. The van der Waals surface area contributed by atoms with Gasteiger partial charge in [0.2, 0.25) is 0 Å². The standard InChI is InChI=1S/C12H13FN2O5/c1-6(2)10(12(17)18)14-11(16)8-5-7(13)3-4-9(8)15(19)20/h3-6,10H,1-2H3,(H,14,16)(H,17,18)/t10-/m1/s1. The molecule has 1 aromatic carbocycles. The molecule has 0 fully saturated rings. The normalized spacial score (nSPS) is 12.0. The predicted molar refractivity (Wildman–Crippen MR) is 66.8 cm³/mol. The highest BCUT2D eigenvalue weighted by Gasteiger charge is 2.27. The number of benzene rings is 1. The molecule has 0 aliphatic rings. The van der Waals surface area contributed by atoms with E-state index in [0.717, 1.165) is 12.1 Å². The number of rotatable bonds is 5. The second-order valence-electron chi connectivity index (χ2n) is 4.45. The Bertz CT molecular complexity index is 559. The average molecular weight is 284 g/mol. The molecule has 0 saturated carbocycles. The van der Waals surface area contributed by atoms with Gasteiger partial charge >= 0.3 is 5.97 Å². The number of carboxylic acids is 1. The number of nitrogens with one attached hydrogen (secondary N) is 1. The Morgan fingerprint density at radius 1 is 1.40 bits per heavy atom. The van der Waals surface area contributed by atoms with Gasteiger partial charge in [-0.15, -0.1) is 0 Å². The van der Waals surface area contributed by atoms with E-state index >= 15 is 0 Å². The van der Waals surface area contributed by atoms with E-state index < -0.39 is 45.8 Å². The molecule has 0 aliphatic heterocycles. The average Bonchev–Trinajstić information content (AvgIpc) is 2.34. The summed E-state index contributed by atoms with van der Waals surface area (Å²) in [6, 6.07) is 1.19. The number of hydrogen-bond acceptors (Lipinski definition) is 4. The summed E-state index contributed by atoms with van der Waals surface area (Å²) in [7, 11) is 0. The SMILES string of the molecule is CC(C)[C@@H](NC(=O)c1cc(F)ccc1[N+](=O)[O-])C(=O)O. The van der Waals surface area contributed by atoms with Gasteiger partial charge in [0.05, 0.1) is 4.92 Å². The summed E-state index contributed by atoms with van der Waals surface area (Å²) in [5.41, 5.74) is -1.10. The van der Waals surface area contributed by atoms with Gasteiger partial charge in [0.1, 0.15) is 17.4 Å². The van der Waals surface area contributed by atoms with Gasteiger partial charge in [0, 0.05) is 6.07 Å². The van der Waals surface area contributed by atoms with E-state index in [1.165, 1.54) is 0 Å². The van der Waals surface area contributed by atoms with Gasteiger partial charge in [0.15, 0.2) is 0 Å². The molecule has 1 atom stereocenters. The van der Waals surface area contributed by atoms with Gasteiger partial charge in [0.25, 0.3) is 11.6 Å². The first-order chi connectivity index (χ1) is 9.23. The van der Waals surface area contributed by atoms with Crippen molar-refractivity contribution in [3.63, 3.8) is 0 Å². The second-order valence-corrected chi connectivity index (χ2v) is 4.45. The summed E-state index contributed by atoms with van der Waals surface area (Å²) in [4.78, 5) is 32.8. The Morgan fingerprint density at radius 3 is 2.45 bits per heavy atom. The zero-order valence-electron chi connectivity index (χ0n) is 10.8. The summed E-state index contributed by atoms with van der Waals surface area (Å²) in [5.74, 6) is -3.52. The molecule has 0 radical (unpaired) electrons. The van der Waals surface area contributed by atoms with Crippen LogP contribution in [0, 0.1) is 21.8 Å². The molecule has 108 valence electrons. The molecule has 1 aromatic rings. The number of carboxylic acid groups (broad SMARTS) is 1. The fourth-order valence-corrected chi connectivity index (χ4v) is 1.58. The number of nitrogens with zero attached hydrogens (tertiary/aromatic N) is 1. The maximum atomic E-state index is 13.1. The van der Waals surface area contributed by atoms with E-state index in [0.29, 0.717) is 6.07 Å². The van der Waals surface area contributed by atoms with Crippen molar-refractivity contribution in [1.82, 2.24) is 5.32 Å². The van der Waals surface area contributed by atoms with Crippen LogP contribution in [0.15, 0.2) is 18.2 Å². The van der Waals surface area contributed by atoms with Crippen molar-refractivity contribution in [2.45, 2.75) is 19.9 Å². The predicted octanol–water partition coefficient (Wildman–Crippen LogP) is 1.57. The molecule has 0 saturated heterocycles. The van der Waals surface area contributed by atoms with Crippen molar-refractivity contribution in [2.24, 2.45) is 5.92 Å². The first-order valence-electron chi connectivity index (χ1n) is 5.71. The lowest BCUT2D eigenvalue weighted by molar-refractivity contribution is -0.385. The molecule has 0 aliphatic carbocycles. The van der Waals surface area contributed by atoms with Gasteiger partial charge < -0.3 is 10.4 Å². The topological polar surface area (TPSA) is 110 Å². The quantitative estimate of drug-likeness (QED) is 0.630. The molecule has 2 N–H and O–H groups in total. The maximum absolute atomic E-state index is 13.1. The Labute approximate surface area is 113 Å². The number of nitro groups is 1. The minimum absolute atomic E-state index is 0.427. The van der Waals surface area contributed by atoms with Crippen LogP contribution in [-0.4, -0.2) is 27.9 Å². The first-order valence-corrected chi connectivity index (χ1v) is 5.71. The summed E-state index contributed by atoms with van der Waals surface area (Å²) in [6.45, 7) is 3.14. The summed E-state index contributed by atoms with van der Waals surface area (Å²) in [5, 5.41) is 21.9. The molecule has 0 heterocycles. The Morgan fingerprint density at radius 2 is 2.00 bits per heavy atom. The minimum atomic E-state index is -1.27. The van der Waals surface area contributed by atoms with E-state index in [9.17, 15) is 24.1 Å². The molecular formula is C12H13FN2O5. The van der Waals surface area contributed by atoms with Crippen LogP contribution in [0.4, 0.5) is 10.1 Å². The lowest BCUT2D eigenvalue weighted by Gasteiger charge is -2.17. The Balaban J connectivity index is 3.11. The molecule has 0 unspecified atom stereocenters. The smallest absolute Gasteiger partial charge is 0.326 e. The van der Waals surface area contributed by atoms with Crippen LogP contribution in [-0.2, 0) is 4.79 Å². The van der Waals surface area contributed by atoms with Crippen molar-refractivity contribution in [2.75, 3.05) is 0 Å². The Kier molecular flexibility index (Phi) is 4.73. The third-order valence-corrected chi connectivity index (χ3v) is 2.62. The van der Waals surface area contributed by atoms with Gasteiger partial charge in [-0.1, -0.05) is 13.8 Å². The number of aliphatic carboxylic acids is 1. The Hall–Kier alpha value is -2.51. The molecular weight excluding hydrogens is 271 g/mol. The molecule has 1 amide bonds. The van der Waals surface area contributed by atoms with Crippen molar-refractivity contribution in [3.05, 3.63) is 39.7 Å². The first kappa shape index (κ1) is 15.5. The minimum Gasteiger partial charge on any atom is -0.480 e. The summed E-state index contributed by atoms with van der Waals surface area (Å²) >= 11 is 0. The highest BCUT2D eigenvalue weighted by atomic mass is 19.1. The largest absolute Gasteiger partial charge is 0.480 e. The van der Waals surface area contributed by atoms with Crippen molar-refractivity contribution >= 4 is 17.6 Å². The van der Waals surface area contributed by atoms with E-state index in [2.05, 4.69) is 5.32 Å². The molecule has 0 bridgehead atoms. The van der Waals surface area contributed by atoms with E-state index in [1.54, 1.807) is 13.8 Å². The molecule has 20 heavy (non-hydrogen) atoms. The summed E-state index contributed by atoms with van der Waals surface area (Å²) in [6.07, 6.45) is 0. The van der Waals surface area contributed by atoms with Crippen LogP contribution >= 0.6 is 0 Å². The highest BCUT2D eigenvalue weighted by molar-refractivity contribution is 6.00. The van der Waals surface area contributed by atoms with Crippen LogP contribution in [0.2, 0.25) is 0 Å². The van der Waals surface area contributed by atoms with Crippen molar-refractivity contribution in [1.29, 1.82) is 0 Å². The number of nitro benzene ring substituents is 1. The maximum Gasteiger partial charge on any atom is 0.326 e. The second kappa shape index (κ2) is 6.09. The van der Waals surface area contributed by atoms with E-state index in [4.69, 9.17) is 5.11 Å². The fourth-order valence-electron chi connectivity index (χ4n) is 1.58. The molecule has 8 heteroatoms. The van der Waals surface area contributed by atoms with Crippen LogP contribution < -0.4 is 5.32 Å². The zero-order chi connectivity index (χ0) is 15.4. The van der Waals surface area contributed by atoms with Crippen molar-refractivity contribution < 1.29 is 24.0 Å². The number of carbonyl (C=O) groups is 2. The molecule has 1 rings (SSSR count). The lowest BCUT2D eigenvalue weighted by atomic mass is 10.0. The van der Waals surface area contributed by atoms with E-state index in [1.807, 2.05) is 0 Å². The molecule has 7 nitrogen and oxygen atoms in total. The third-order valence-electron chi connectivity index (χ3n) is 2.62. The highest BCUT2D eigenvalue weighted by Crippen LogP contribution is 2.20. The van der Waals surface area contributed by atoms with Crippen molar-refractivity contribution in [3.8, 4) is 0 Å². The van der Waals surface area contributed by atoms with Crippen LogP contribution in [0.25, 0.3) is 0 Å².